The van der Waals surface area contributed by atoms with Gasteiger partial charge in [-0.1, -0.05) is 30.3 Å². The van der Waals surface area contributed by atoms with Crippen LogP contribution in [-0.4, -0.2) is 47.3 Å². The molecule has 4 rings (SSSR count). The largest absolute Gasteiger partial charge is 0.423 e. The molecule has 1 unspecified atom stereocenters. The van der Waals surface area contributed by atoms with Crippen molar-refractivity contribution in [3.63, 3.8) is 0 Å². The van der Waals surface area contributed by atoms with Crippen LogP contribution >= 0.6 is 0 Å². The Morgan fingerprint density at radius 2 is 2.08 bits per heavy atom. The Balaban J connectivity index is 1.42. The van der Waals surface area contributed by atoms with Crippen molar-refractivity contribution in [2.45, 2.75) is 18.6 Å². The lowest BCUT2D eigenvalue weighted by Gasteiger charge is -2.28. The van der Waals surface area contributed by atoms with E-state index in [1.807, 2.05) is 25.2 Å². The van der Waals surface area contributed by atoms with Gasteiger partial charge in [0, 0.05) is 32.7 Å². The molecule has 26 heavy (non-hydrogen) atoms. The van der Waals surface area contributed by atoms with Crippen LogP contribution < -0.4 is 4.90 Å². The highest BCUT2D eigenvalue weighted by atomic mass is 19.1. The fourth-order valence-electron chi connectivity index (χ4n) is 3.61. The summed E-state index contributed by atoms with van der Waals surface area (Å²) in [4.78, 5) is 8.38. The lowest BCUT2D eigenvalue weighted by atomic mass is 10.0. The molecule has 1 aliphatic rings. The first kappa shape index (κ1) is 17.0. The standard InChI is InChI=1S/C20H22FN3O2/c1-23(19-22-17-11-16(21)7-8-18(17)26-19)13-20(25)9-10-24(14-20)12-15-5-3-2-4-6-15/h2-8,11,25H,9-10,12-14H2,1H3. The molecular formula is C20H22FN3O2. The molecule has 2 aromatic carbocycles. The lowest BCUT2D eigenvalue weighted by Crippen LogP contribution is -2.44. The summed E-state index contributed by atoms with van der Waals surface area (Å²) in [7, 11) is 1.83. The molecule has 0 bridgehead atoms. The van der Waals surface area contributed by atoms with Crippen LogP contribution in [0, 0.1) is 5.82 Å². The number of halogens is 1. The molecule has 0 saturated carbocycles. The highest BCUT2D eigenvalue weighted by Crippen LogP contribution is 2.27. The van der Waals surface area contributed by atoms with E-state index in [1.165, 1.54) is 17.7 Å². The number of rotatable bonds is 5. The molecule has 0 radical (unpaired) electrons. The minimum atomic E-state index is -0.824. The molecule has 5 nitrogen and oxygen atoms in total. The smallest absolute Gasteiger partial charge is 0.298 e. The Hall–Kier alpha value is -2.44. The molecule has 1 aromatic heterocycles. The molecule has 6 heteroatoms. The average molecular weight is 355 g/mol. The van der Waals surface area contributed by atoms with E-state index in [0.717, 1.165) is 13.1 Å². The van der Waals surface area contributed by atoms with Gasteiger partial charge in [0.05, 0.1) is 12.1 Å². The zero-order valence-corrected chi connectivity index (χ0v) is 14.7. The Bertz CT molecular complexity index is 898. The van der Waals surface area contributed by atoms with Gasteiger partial charge in [0.25, 0.3) is 6.01 Å². The first-order valence-corrected chi connectivity index (χ1v) is 8.77. The molecule has 3 aromatic rings. The maximum atomic E-state index is 13.3. The third-order valence-corrected chi connectivity index (χ3v) is 4.86. The van der Waals surface area contributed by atoms with Gasteiger partial charge in [0.15, 0.2) is 5.58 Å². The van der Waals surface area contributed by atoms with Gasteiger partial charge in [0.2, 0.25) is 0 Å². The summed E-state index contributed by atoms with van der Waals surface area (Å²) in [5, 5.41) is 11.0. The van der Waals surface area contributed by atoms with E-state index in [2.05, 4.69) is 22.0 Å². The predicted octanol–water partition coefficient (Wildman–Crippen LogP) is 3.04. The van der Waals surface area contributed by atoms with Crippen molar-refractivity contribution < 1.29 is 13.9 Å². The van der Waals surface area contributed by atoms with Crippen molar-refractivity contribution in [2.24, 2.45) is 0 Å². The highest BCUT2D eigenvalue weighted by Gasteiger charge is 2.37. The molecule has 1 saturated heterocycles. The topological polar surface area (TPSA) is 52.7 Å². The molecular weight excluding hydrogens is 333 g/mol. The van der Waals surface area contributed by atoms with Crippen molar-refractivity contribution in [2.75, 3.05) is 31.6 Å². The van der Waals surface area contributed by atoms with Crippen LogP contribution in [0.25, 0.3) is 11.1 Å². The van der Waals surface area contributed by atoms with Crippen LogP contribution in [0.1, 0.15) is 12.0 Å². The first-order chi connectivity index (χ1) is 12.5. The second-order valence-electron chi connectivity index (χ2n) is 7.14. The van der Waals surface area contributed by atoms with E-state index in [4.69, 9.17) is 4.42 Å². The van der Waals surface area contributed by atoms with Crippen molar-refractivity contribution in [3.05, 3.63) is 59.9 Å². The molecule has 1 N–H and O–H groups in total. The molecule has 0 spiro atoms. The minimum Gasteiger partial charge on any atom is -0.423 e. The van der Waals surface area contributed by atoms with Crippen molar-refractivity contribution >= 4 is 17.1 Å². The number of likely N-dealkylation sites (N-methyl/N-ethyl adjacent to an activating group) is 1. The Morgan fingerprint density at radius 1 is 1.27 bits per heavy atom. The van der Waals surface area contributed by atoms with Crippen LogP contribution in [0.5, 0.6) is 0 Å². The summed E-state index contributed by atoms with van der Waals surface area (Å²) in [6.07, 6.45) is 0.693. The quantitative estimate of drug-likeness (QED) is 0.762. The maximum absolute atomic E-state index is 13.3. The van der Waals surface area contributed by atoms with Crippen LogP contribution in [0.2, 0.25) is 0 Å². The van der Waals surface area contributed by atoms with Crippen molar-refractivity contribution in [1.82, 2.24) is 9.88 Å². The second-order valence-corrected chi connectivity index (χ2v) is 7.14. The molecule has 1 atom stereocenters. The van der Waals surface area contributed by atoms with Crippen LogP contribution in [0.15, 0.2) is 52.9 Å². The number of hydrogen-bond acceptors (Lipinski definition) is 5. The van der Waals surface area contributed by atoms with Crippen molar-refractivity contribution in [1.29, 1.82) is 0 Å². The number of aliphatic hydroxyl groups is 1. The van der Waals surface area contributed by atoms with Gasteiger partial charge in [0.1, 0.15) is 11.3 Å². The van der Waals surface area contributed by atoms with E-state index in [1.54, 1.807) is 11.0 Å². The SMILES string of the molecule is CN(CC1(O)CCN(Cc2ccccc2)C1)c1nc2cc(F)ccc2o1. The number of aromatic nitrogens is 1. The monoisotopic (exact) mass is 355 g/mol. The number of oxazole rings is 1. The van der Waals surface area contributed by atoms with Gasteiger partial charge < -0.3 is 14.4 Å². The zero-order chi connectivity index (χ0) is 18.1. The molecule has 1 aliphatic heterocycles. The summed E-state index contributed by atoms with van der Waals surface area (Å²) in [6.45, 7) is 2.68. The fraction of sp³-hybridized carbons (Fsp3) is 0.350. The number of fused-ring (bicyclic) bond motifs is 1. The van der Waals surface area contributed by atoms with Crippen LogP contribution in [0.4, 0.5) is 10.4 Å². The summed E-state index contributed by atoms with van der Waals surface area (Å²) in [6, 6.07) is 14.9. The van der Waals surface area contributed by atoms with E-state index < -0.39 is 5.60 Å². The number of likely N-dealkylation sites (tertiary alicyclic amines) is 1. The Morgan fingerprint density at radius 3 is 2.88 bits per heavy atom. The zero-order valence-electron chi connectivity index (χ0n) is 14.7. The van der Waals surface area contributed by atoms with Gasteiger partial charge in [-0.2, -0.15) is 4.98 Å². The number of β-amino-alcohol motifs (C(OH)–C–C–N with tert-alkyl or cyclic N) is 1. The third-order valence-electron chi connectivity index (χ3n) is 4.86. The van der Waals surface area contributed by atoms with Crippen molar-refractivity contribution in [3.8, 4) is 0 Å². The summed E-state index contributed by atoms with van der Waals surface area (Å²) >= 11 is 0. The summed E-state index contributed by atoms with van der Waals surface area (Å²) < 4.78 is 19.0. The maximum Gasteiger partial charge on any atom is 0.298 e. The number of benzene rings is 2. The number of anilines is 1. The average Bonchev–Trinajstić information content (AvgIpc) is 3.19. The summed E-state index contributed by atoms with van der Waals surface area (Å²) in [5.74, 6) is -0.342. The van der Waals surface area contributed by atoms with E-state index in [9.17, 15) is 9.50 Å². The fourth-order valence-corrected chi connectivity index (χ4v) is 3.61. The van der Waals surface area contributed by atoms with E-state index >= 15 is 0 Å². The molecule has 1 fully saturated rings. The molecule has 0 amide bonds. The Kier molecular flexibility index (Phi) is 4.38. The van der Waals surface area contributed by atoms with E-state index in [0.29, 0.717) is 36.6 Å². The minimum absolute atomic E-state index is 0.342. The van der Waals surface area contributed by atoms with Crippen LogP contribution in [0.3, 0.4) is 0 Å². The Labute approximate surface area is 151 Å². The number of nitrogens with zero attached hydrogens (tertiary/aromatic N) is 3. The van der Waals surface area contributed by atoms with Gasteiger partial charge in [-0.3, -0.25) is 4.90 Å². The van der Waals surface area contributed by atoms with Gasteiger partial charge in [-0.15, -0.1) is 0 Å². The first-order valence-electron chi connectivity index (χ1n) is 8.77. The normalized spacial score (nSPS) is 20.7. The molecule has 136 valence electrons. The number of hydrogen-bond donors (Lipinski definition) is 1. The third kappa shape index (κ3) is 3.57. The highest BCUT2D eigenvalue weighted by molar-refractivity contribution is 5.74. The van der Waals surface area contributed by atoms with Gasteiger partial charge in [-0.25, -0.2) is 4.39 Å². The van der Waals surface area contributed by atoms with Crippen LogP contribution in [-0.2, 0) is 6.54 Å². The molecule has 2 heterocycles. The molecule has 0 aliphatic carbocycles. The van der Waals surface area contributed by atoms with Gasteiger partial charge >= 0.3 is 0 Å². The van der Waals surface area contributed by atoms with Gasteiger partial charge in [-0.05, 0) is 24.1 Å². The lowest BCUT2D eigenvalue weighted by molar-refractivity contribution is 0.0554. The predicted molar refractivity (Wildman–Crippen MR) is 98.5 cm³/mol. The summed E-state index contributed by atoms with van der Waals surface area (Å²) in [5.41, 5.74) is 1.44. The second kappa shape index (κ2) is 6.70. The van der Waals surface area contributed by atoms with E-state index in [-0.39, 0.29) is 5.82 Å².